The van der Waals surface area contributed by atoms with E-state index in [-0.39, 0.29) is 76.6 Å². The van der Waals surface area contributed by atoms with Crippen LogP contribution in [0.1, 0.15) is 117 Å². The number of carboxylic acids is 4. The molecule has 0 aliphatic heterocycles. The Kier molecular flexibility index (Phi) is 33.9. The molecule has 0 spiro atoms. The summed E-state index contributed by atoms with van der Waals surface area (Å²) in [5.74, 6) is -4.04. The van der Waals surface area contributed by atoms with Crippen molar-refractivity contribution < 1.29 is 58.8 Å². The fourth-order valence-corrected chi connectivity index (χ4v) is 5.54. The van der Waals surface area contributed by atoms with Crippen molar-refractivity contribution >= 4 is 61.6 Å². The topological polar surface area (TPSA) is 195 Å². The molecule has 13 heteroatoms. The van der Waals surface area contributed by atoms with E-state index in [9.17, 15) is 39.6 Å². The molecular formula is C32H62CaN2O10+2. The second kappa shape index (κ2) is 31.6. The van der Waals surface area contributed by atoms with Gasteiger partial charge in [0.05, 0.1) is 65.3 Å². The summed E-state index contributed by atoms with van der Waals surface area (Å²) < 4.78 is 0.703. The third-order valence-electron chi connectivity index (χ3n) is 8.30. The van der Waals surface area contributed by atoms with Gasteiger partial charge in [-0.15, -0.1) is 0 Å². The summed E-state index contributed by atoms with van der Waals surface area (Å²) in [6.07, 6.45) is 13.3. The van der Waals surface area contributed by atoms with Gasteiger partial charge in [-0.25, -0.2) is 0 Å². The van der Waals surface area contributed by atoms with Crippen LogP contribution in [0.3, 0.4) is 0 Å². The number of hydrogen-bond acceptors (Lipinski definition) is 8. The van der Waals surface area contributed by atoms with Crippen molar-refractivity contribution in [1.29, 1.82) is 0 Å². The number of aliphatic hydroxyl groups is 2. The van der Waals surface area contributed by atoms with Crippen LogP contribution in [-0.4, -0.2) is 157 Å². The Morgan fingerprint density at radius 2 is 0.756 bits per heavy atom. The maximum Gasteiger partial charge on any atom is 2.00 e. The van der Waals surface area contributed by atoms with Crippen molar-refractivity contribution in [1.82, 2.24) is 0 Å². The fourth-order valence-electron chi connectivity index (χ4n) is 5.54. The second-order valence-corrected chi connectivity index (χ2v) is 12.0. The van der Waals surface area contributed by atoms with Crippen LogP contribution < -0.4 is 10.2 Å². The molecule has 0 aliphatic rings. The summed E-state index contributed by atoms with van der Waals surface area (Å²) in [7, 11) is 0. The Balaban J connectivity index is -0.000000767. The van der Waals surface area contributed by atoms with Crippen LogP contribution in [0.2, 0.25) is 0 Å². The van der Waals surface area contributed by atoms with Crippen LogP contribution in [0.4, 0.5) is 0 Å². The number of aliphatic carboxylic acids is 4. The molecule has 0 amide bonds. The molecule has 0 radical (unpaired) electrons. The number of aliphatic hydroxyl groups excluding tert-OH is 2. The first-order chi connectivity index (χ1) is 20.9. The fraction of sp³-hybridized carbons (Fsp3) is 0.875. The Labute approximate surface area is 301 Å². The van der Waals surface area contributed by atoms with Crippen molar-refractivity contribution in [3.05, 3.63) is 0 Å². The second-order valence-electron chi connectivity index (χ2n) is 12.0. The molecule has 0 aromatic carbocycles. The van der Waals surface area contributed by atoms with Gasteiger partial charge in [0, 0.05) is 24.8 Å². The molecule has 0 saturated heterocycles. The number of quaternary nitrogens is 2. The number of carbonyl (C=O) groups is 4. The van der Waals surface area contributed by atoms with E-state index in [4.69, 9.17) is 10.2 Å². The third kappa shape index (κ3) is 30.1. The van der Waals surface area contributed by atoms with Crippen LogP contribution in [-0.2, 0) is 19.2 Å². The summed E-state index contributed by atoms with van der Waals surface area (Å²) in [4.78, 5) is 43.1. The molecule has 2 unspecified atom stereocenters. The Bertz CT molecular complexity index is 672. The van der Waals surface area contributed by atoms with E-state index in [1.165, 1.54) is 38.5 Å². The summed E-state index contributed by atoms with van der Waals surface area (Å²) in [6, 6.07) is 0. The van der Waals surface area contributed by atoms with E-state index in [1.54, 1.807) is 0 Å². The van der Waals surface area contributed by atoms with Crippen molar-refractivity contribution in [3.8, 4) is 0 Å². The van der Waals surface area contributed by atoms with E-state index in [2.05, 4.69) is 13.8 Å². The minimum absolute atomic E-state index is 0. The number of carboxylic acid groups (broad SMARTS) is 4. The smallest absolute Gasteiger partial charge is 0.550 e. The van der Waals surface area contributed by atoms with Gasteiger partial charge in [0.2, 0.25) is 0 Å². The van der Waals surface area contributed by atoms with E-state index >= 15 is 0 Å². The minimum atomic E-state index is -1.13. The van der Waals surface area contributed by atoms with E-state index in [0.29, 0.717) is 61.3 Å². The molecule has 0 rings (SSSR count). The minimum Gasteiger partial charge on any atom is -0.550 e. The average Bonchev–Trinajstić information content (AvgIpc) is 2.96. The molecule has 0 fully saturated rings. The first-order valence-corrected chi connectivity index (χ1v) is 16.7. The molecule has 0 aromatic heterocycles. The first-order valence-electron chi connectivity index (χ1n) is 16.7. The standard InChI is InChI=1S/2C16H31NO5.Ca/c2*1-2-3-4-5-6-7-10-17(13-14-18,11-8-15(19)20)12-9-16(21)22;/h2*18H,2-14H2,1H3,(H-,19,20,21,22);/q;;+2. The van der Waals surface area contributed by atoms with Crippen LogP contribution in [0.5, 0.6) is 0 Å². The SMILES string of the molecule is CCCCCCCC[N+](CCO)(CCC(=O)[O-])CCC(=O)O.CCCCCCCC[N+](CCO)(CCC(=O)[O-])CCC(=O)O.[Ca+2]. The van der Waals surface area contributed by atoms with E-state index < -0.39 is 23.9 Å². The van der Waals surface area contributed by atoms with Gasteiger partial charge >= 0.3 is 49.7 Å². The third-order valence-corrected chi connectivity index (χ3v) is 8.30. The monoisotopic (exact) mass is 674 g/mol. The number of carbonyl (C=O) groups excluding carboxylic acids is 2. The molecular weight excluding hydrogens is 612 g/mol. The first kappa shape index (κ1) is 48.4. The number of unbranched alkanes of at least 4 members (excludes halogenated alkanes) is 10. The Morgan fingerprint density at radius 1 is 0.467 bits per heavy atom. The van der Waals surface area contributed by atoms with Crippen LogP contribution in [0.25, 0.3) is 0 Å². The summed E-state index contributed by atoms with van der Waals surface area (Å²) in [6.45, 7) is 7.78. The zero-order chi connectivity index (χ0) is 33.7. The van der Waals surface area contributed by atoms with Gasteiger partial charge in [0.1, 0.15) is 13.1 Å². The van der Waals surface area contributed by atoms with Gasteiger partial charge in [0.15, 0.2) is 0 Å². The maximum absolute atomic E-state index is 10.8. The van der Waals surface area contributed by atoms with Gasteiger partial charge in [-0.1, -0.05) is 65.2 Å². The predicted molar refractivity (Wildman–Crippen MR) is 170 cm³/mol. The average molecular weight is 675 g/mol. The molecule has 0 aliphatic carbocycles. The number of hydrogen-bond donors (Lipinski definition) is 4. The largest absolute Gasteiger partial charge is 2.00 e. The van der Waals surface area contributed by atoms with Crippen LogP contribution >= 0.6 is 0 Å². The number of nitrogens with zero attached hydrogens (tertiary/aromatic N) is 2. The predicted octanol–water partition coefficient (Wildman–Crippen LogP) is 1.16. The van der Waals surface area contributed by atoms with Gasteiger partial charge in [-0.2, -0.15) is 0 Å². The van der Waals surface area contributed by atoms with Crippen molar-refractivity contribution in [2.24, 2.45) is 0 Å². The summed E-state index contributed by atoms with van der Waals surface area (Å²) in [5, 5.41) is 57.8. The summed E-state index contributed by atoms with van der Waals surface area (Å²) >= 11 is 0. The van der Waals surface area contributed by atoms with Crippen molar-refractivity contribution in [3.63, 3.8) is 0 Å². The van der Waals surface area contributed by atoms with Crippen molar-refractivity contribution in [2.45, 2.75) is 117 Å². The molecule has 0 heterocycles. The molecule has 2 atom stereocenters. The zero-order valence-electron chi connectivity index (χ0n) is 28.2. The number of rotatable bonds is 30. The van der Waals surface area contributed by atoms with E-state index in [0.717, 1.165) is 38.5 Å². The maximum atomic E-state index is 10.8. The molecule has 0 saturated carbocycles. The molecule has 12 nitrogen and oxygen atoms in total. The van der Waals surface area contributed by atoms with Crippen LogP contribution in [0.15, 0.2) is 0 Å². The zero-order valence-corrected chi connectivity index (χ0v) is 30.4. The Morgan fingerprint density at radius 3 is 1.02 bits per heavy atom. The van der Waals surface area contributed by atoms with Crippen LogP contribution in [0, 0.1) is 0 Å². The Hall–Kier alpha value is -1.02. The normalized spacial score (nSPS) is 13.4. The van der Waals surface area contributed by atoms with Gasteiger partial charge in [0.25, 0.3) is 0 Å². The van der Waals surface area contributed by atoms with Crippen molar-refractivity contribution in [2.75, 3.05) is 65.6 Å². The van der Waals surface area contributed by atoms with Gasteiger partial charge in [-0.3, -0.25) is 9.59 Å². The quantitative estimate of drug-likeness (QED) is 0.0488. The van der Waals surface area contributed by atoms with E-state index in [1.807, 2.05) is 0 Å². The molecule has 45 heavy (non-hydrogen) atoms. The molecule has 0 bridgehead atoms. The molecule has 0 aromatic rings. The summed E-state index contributed by atoms with van der Waals surface area (Å²) in [5.41, 5.74) is 0. The molecule has 260 valence electrons. The molecule has 4 N–H and O–H groups in total. The van der Waals surface area contributed by atoms with Gasteiger partial charge < -0.3 is 49.2 Å². The van der Waals surface area contributed by atoms with Gasteiger partial charge in [-0.05, 0) is 25.7 Å².